The molecule has 0 saturated carbocycles. The molecule has 0 unspecified atom stereocenters. The van der Waals surface area contributed by atoms with Crippen LogP contribution in [0.3, 0.4) is 0 Å². The minimum atomic E-state index is -3.87. The first-order valence-corrected chi connectivity index (χ1v) is 9.20. The third-order valence-electron chi connectivity index (χ3n) is 3.70. The summed E-state index contributed by atoms with van der Waals surface area (Å²) in [5.74, 6) is 0.272. The van der Waals surface area contributed by atoms with Crippen molar-refractivity contribution >= 4 is 22.2 Å². The maximum atomic E-state index is 12.7. The van der Waals surface area contributed by atoms with Crippen molar-refractivity contribution in [3.8, 4) is 11.5 Å². The quantitative estimate of drug-likeness (QED) is 0.385. The van der Waals surface area contributed by atoms with Crippen molar-refractivity contribution in [1.29, 1.82) is 0 Å². The van der Waals surface area contributed by atoms with Gasteiger partial charge in [-0.1, -0.05) is 12.1 Å². The largest absolute Gasteiger partial charge is 0.493 e. The molecule has 0 spiro atoms. The SMILES string of the molecule is COC(=O)c1ccc(/C=N/N(C)S(=O)(=O)c2ccc(OC)c(OC)c2)cc1.O. The predicted molar refractivity (Wildman–Crippen MR) is 103 cm³/mol. The predicted octanol–water partition coefficient (Wildman–Crippen LogP) is 1.32. The van der Waals surface area contributed by atoms with E-state index in [1.807, 2.05) is 0 Å². The molecule has 0 atom stereocenters. The molecule has 2 aromatic rings. The number of benzene rings is 2. The molecule has 28 heavy (non-hydrogen) atoms. The lowest BCUT2D eigenvalue weighted by Gasteiger charge is -2.15. The number of ether oxygens (including phenoxy) is 3. The van der Waals surface area contributed by atoms with Crippen molar-refractivity contribution in [3.63, 3.8) is 0 Å². The monoisotopic (exact) mass is 410 g/mol. The van der Waals surface area contributed by atoms with Gasteiger partial charge in [0.15, 0.2) is 11.5 Å². The van der Waals surface area contributed by atoms with Gasteiger partial charge >= 0.3 is 5.97 Å². The molecule has 0 saturated heterocycles. The minimum Gasteiger partial charge on any atom is -0.493 e. The molecule has 152 valence electrons. The van der Waals surface area contributed by atoms with Gasteiger partial charge in [-0.15, -0.1) is 0 Å². The van der Waals surface area contributed by atoms with Gasteiger partial charge < -0.3 is 19.7 Å². The summed E-state index contributed by atoms with van der Waals surface area (Å²) in [6.45, 7) is 0. The van der Waals surface area contributed by atoms with Crippen molar-refractivity contribution in [2.24, 2.45) is 5.10 Å². The van der Waals surface area contributed by atoms with Crippen molar-refractivity contribution < 1.29 is 32.9 Å². The second-order valence-electron chi connectivity index (χ2n) is 5.31. The number of hydrazone groups is 1. The summed E-state index contributed by atoms with van der Waals surface area (Å²) in [7, 11) is 1.65. The summed E-state index contributed by atoms with van der Waals surface area (Å²) < 4.78 is 41.0. The van der Waals surface area contributed by atoms with E-state index in [0.29, 0.717) is 22.6 Å². The molecule has 0 aliphatic rings. The van der Waals surface area contributed by atoms with E-state index in [9.17, 15) is 13.2 Å². The number of carbonyl (C=O) groups is 1. The zero-order valence-electron chi connectivity index (χ0n) is 15.9. The van der Waals surface area contributed by atoms with E-state index >= 15 is 0 Å². The van der Waals surface area contributed by atoms with Crippen molar-refractivity contribution in [1.82, 2.24) is 4.41 Å². The number of methoxy groups -OCH3 is 3. The molecule has 2 N–H and O–H groups in total. The molecule has 0 fully saturated rings. The van der Waals surface area contributed by atoms with Crippen LogP contribution in [-0.4, -0.2) is 58.9 Å². The molecular weight excluding hydrogens is 388 g/mol. The van der Waals surface area contributed by atoms with Crippen molar-refractivity contribution in [2.45, 2.75) is 4.90 Å². The fourth-order valence-electron chi connectivity index (χ4n) is 2.16. The molecule has 2 aromatic carbocycles. The van der Waals surface area contributed by atoms with Gasteiger partial charge in [0, 0.05) is 13.1 Å². The van der Waals surface area contributed by atoms with Crippen LogP contribution in [0.2, 0.25) is 0 Å². The Morgan fingerprint density at radius 1 is 1.00 bits per heavy atom. The zero-order valence-corrected chi connectivity index (χ0v) is 16.7. The number of rotatable bonds is 7. The van der Waals surface area contributed by atoms with E-state index in [0.717, 1.165) is 4.41 Å². The minimum absolute atomic E-state index is 0. The summed E-state index contributed by atoms with van der Waals surface area (Å²) in [5, 5.41) is 3.97. The van der Waals surface area contributed by atoms with E-state index in [4.69, 9.17) is 9.47 Å². The Labute approximate surface area is 163 Å². The smallest absolute Gasteiger partial charge is 0.337 e. The van der Waals surface area contributed by atoms with Gasteiger partial charge in [-0.2, -0.15) is 17.9 Å². The fraction of sp³-hybridized carbons (Fsp3) is 0.222. The lowest BCUT2D eigenvalue weighted by molar-refractivity contribution is 0.0600. The van der Waals surface area contributed by atoms with Crippen LogP contribution < -0.4 is 9.47 Å². The standard InChI is InChI=1S/C18H20N2O6S.H2O/c1-20(19-12-13-5-7-14(8-6-13)18(21)26-4)27(22,23)15-9-10-16(24-2)17(11-15)25-3;/h5-12H,1-4H3;1H2/b19-12+;. The van der Waals surface area contributed by atoms with Crippen LogP contribution in [0.25, 0.3) is 0 Å². The van der Waals surface area contributed by atoms with E-state index < -0.39 is 16.0 Å². The van der Waals surface area contributed by atoms with Gasteiger partial charge in [0.1, 0.15) is 0 Å². The Bertz CT molecular complexity index is 941. The van der Waals surface area contributed by atoms with Crippen LogP contribution in [0.5, 0.6) is 11.5 Å². The normalized spacial score (nSPS) is 10.9. The van der Waals surface area contributed by atoms with Gasteiger partial charge in [-0.3, -0.25) is 0 Å². The molecular formula is C18H22N2O7S. The molecule has 0 aromatic heterocycles. The third-order valence-corrected chi connectivity index (χ3v) is 5.34. The summed E-state index contributed by atoms with van der Waals surface area (Å²) in [4.78, 5) is 11.4. The maximum absolute atomic E-state index is 12.7. The van der Waals surface area contributed by atoms with Gasteiger partial charge in [0.25, 0.3) is 10.0 Å². The van der Waals surface area contributed by atoms with Crippen LogP contribution in [0, 0.1) is 0 Å². The lowest BCUT2D eigenvalue weighted by Crippen LogP contribution is -2.22. The Morgan fingerprint density at radius 3 is 2.14 bits per heavy atom. The molecule has 0 heterocycles. The number of nitrogens with zero attached hydrogens (tertiary/aromatic N) is 2. The highest BCUT2D eigenvalue weighted by Crippen LogP contribution is 2.30. The molecule has 9 nitrogen and oxygen atoms in total. The van der Waals surface area contributed by atoms with Crippen LogP contribution in [0.15, 0.2) is 52.5 Å². The average Bonchev–Trinajstić information content (AvgIpc) is 2.70. The van der Waals surface area contributed by atoms with E-state index in [2.05, 4.69) is 9.84 Å². The fourth-order valence-corrected chi connectivity index (χ4v) is 3.14. The number of carbonyl (C=O) groups excluding carboxylic acids is 1. The third kappa shape index (κ3) is 4.99. The maximum Gasteiger partial charge on any atom is 0.337 e. The van der Waals surface area contributed by atoms with Crippen molar-refractivity contribution in [2.75, 3.05) is 28.4 Å². The summed E-state index contributed by atoms with van der Waals surface area (Å²) >= 11 is 0. The van der Waals surface area contributed by atoms with Crippen molar-refractivity contribution in [3.05, 3.63) is 53.6 Å². The van der Waals surface area contributed by atoms with Gasteiger partial charge in [-0.25, -0.2) is 4.79 Å². The van der Waals surface area contributed by atoms with E-state index in [1.165, 1.54) is 52.8 Å². The first kappa shape index (κ1) is 22.9. The molecule has 10 heteroatoms. The average molecular weight is 410 g/mol. The number of sulfonamides is 1. The van der Waals surface area contributed by atoms with Crippen LogP contribution in [0.1, 0.15) is 15.9 Å². The van der Waals surface area contributed by atoms with E-state index in [-0.39, 0.29) is 10.4 Å². The second kappa shape index (κ2) is 9.72. The molecule has 2 rings (SSSR count). The molecule has 0 aliphatic heterocycles. The Balaban J connectivity index is 0.00000392. The summed E-state index contributed by atoms with van der Waals surface area (Å²) in [6, 6.07) is 10.7. The number of esters is 1. The highest BCUT2D eigenvalue weighted by Gasteiger charge is 2.21. The summed E-state index contributed by atoms with van der Waals surface area (Å²) in [6.07, 6.45) is 1.37. The van der Waals surface area contributed by atoms with Gasteiger partial charge in [0.2, 0.25) is 0 Å². The molecule has 0 bridgehead atoms. The molecule has 0 aliphatic carbocycles. The first-order valence-electron chi connectivity index (χ1n) is 7.76. The van der Waals surface area contributed by atoms with Crippen LogP contribution >= 0.6 is 0 Å². The zero-order chi connectivity index (χ0) is 20.0. The lowest BCUT2D eigenvalue weighted by atomic mass is 10.1. The van der Waals surface area contributed by atoms with Gasteiger partial charge in [-0.05, 0) is 29.8 Å². The number of hydrogen-bond donors (Lipinski definition) is 0. The molecule has 0 amide bonds. The van der Waals surface area contributed by atoms with Crippen LogP contribution in [-0.2, 0) is 14.8 Å². The highest BCUT2D eigenvalue weighted by molar-refractivity contribution is 7.89. The number of hydrogen-bond acceptors (Lipinski definition) is 7. The summed E-state index contributed by atoms with van der Waals surface area (Å²) in [5.41, 5.74) is 1.01. The Morgan fingerprint density at radius 2 is 1.61 bits per heavy atom. The Kier molecular flexibility index (Phi) is 7.96. The Hall–Kier alpha value is -3.11. The second-order valence-corrected chi connectivity index (χ2v) is 7.26. The van der Waals surface area contributed by atoms with Gasteiger partial charge in [0.05, 0.1) is 38.0 Å². The van der Waals surface area contributed by atoms with Crippen LogP contribution in [0.4, 0.5) is 0 Å². The topological polar surface area (TPSA) is 126 Å². The molecule has 0 radical (unpaired) electrons. The van der Waals surface area contributed by atoms with E-state index in [1.54, 1.807) is 24.3 Å². The highest BCUT2D eigenvalue weighted by atomic mass is 32.2. The first-order chi connectivity index (χ1) is 12.8.